The number of amides is 2. The summed E-state index contributed by atoms with van der Waals surface area (Å²) in [6.45, 7) is 5.65. The van der Waals surface area contributed by atoms with Crippen molar-refractivity contribution in [1.29, 1.82) is 0 Å². The molecule has 1 heterocycles. The monoisotopic (exact) mass is 302 g/mol. The molecule has 2 rings (SSSR count). The fraction of sp³-hybridized carbons (Fsp3) is 0.556. The first-order valence-corrected chi connectivity index (χ1v) is 8.32. The lowest BCUT2D eigenvalue weighted by Crippen LogP contribution is -2.33. The van der Waals surface area contributed by atoms with Gasteiger partial charge in [-0.15, -0.1) is 0 Å². The first-order chi connectivity index (χ1) is 10.6. The number of nitrogens with zero attached hydrogens (tertiary/aromatic N) is 1. The summed E-state index contributed by atoms with van der Waals surface area (Å²) in [5.41, 5.74) is 1.17. The Hall–Kier alpha value is -1.84. The summed E-state index contributed by atoms with van der Waals surface area (Å²) >= 11 is 0. The van der Waals surface area contributed by atoms with Gasteiger partial charge in [-0.2, -0.15) is 0 Å². The molecule has 0 aliphatic carbocycles. The van der Waals surface area contributed by atoms with Crippen molar-refractivity contribution >= 4 is 11.8 Å². The van der Waals surface area contributed by atoms with Crippen molar-refractivity contribution in [3.8, 4) is 0 Å². The van der Waals surface area contributed by atoms with Crippen molar-refractivity contribution in [2.75, 3.05) is 13.1 Å². The Labute approximate surface area is 132 Å². The van der Waals surface area contributed by atoms with Crippen molar-refractivity contribution < 1.29 is 9.59 Å². The number of carbonyl (C=O) groups excluding carboxylic acids is 2. The Balaban J connectivity index is 2.09. The Bertz CT molecular complexity index is 520. The van der Waals surface area contributed by atoms with E-state index in [2.05, 4.69) is 5.32 Å². The molecule has 0 aromatic heterocycles. The fourth-order valence-corrected chi connectivity index (χ4v) is 2.66. The molecule has 0 radical (unpaired) electrons. The molecule has 1 fully saturated rings. The molecule has 0 saturated carbocycles. The lowest BCUT2D eigenvalue weighted by molar-refractivity contribution is 0.0761. The number of hydrogen-bond donors (Lipinski definition) is 1. The minimum atomic E-state index is -0.111. The van der Waals surface area contributed by atoms with Gasteiger partial charge in [-0.05, 0) is 44.4 Å². The van der Waals surface area contributed by atoms with E-state index in [-0.39, 0.29) is 17.9 Å². The normalized spacial score (nSPS) is 16.7. The summed E-state index contributed by atoms with van der Waals surface area (Å²) in [6, 6.07) is 7.20. The summed E-state index contributed by atoms with van der Waals surface area (Å²) < 4.78 is 0. The van der Waals surface area contributed by atoms with Crippen LogP contribution in [0, 0.1) is 0 Å². The molecule has 1 aliphatic heterocycles. The van der Waals surface area contributed by atoms with Crippen molar-refractivity contribution in [2.45, 2.75) is 52.0 Å². The molecule has 1 aromatic carbocycles. The maximum Gasteiger partial charge on any atom is 0.253 e. The Morgan fingerprint density at radius 1 is 1.14 bits per heavy atom. The van der Waals surface area contributed by atoms with Gasteiger partial charge in [0.15, 0.2) is 0 Å². The summed E-state index contributed by atoms with van der Waals surface area (Å²) in [7, 11) is 0. The van der Waals surface area contributed by atoms with E-state index in [1.807, 2.05) is 18.7 Å². The predicted octanol–water partition coefficient (Wildman–Crippen LogP) is 3.23. The molecule has 4 nitrogen and oxygen atoms in total. The largest absolute Gasteiger partial charge is 0.350 e. The highest BCUT2D eigenvalue weighted by atomic mass is 16.2. The fourth-order valence-electron chi connectivity index (χ4n) is 2.66. The lowest BCUT2D eigenvalue weighted by Gasteiger charge is -2.20. The maximum atomic E-state index is 12.6. The van der Waals surface area contributed by atoms with Crippen LogP contribution in [0.2, 0.25) is 0 Å². The van der Waals surface area contributed by atoms with E-state index in [1.165, 1.54) is 12.8 Å². The van der Waals surface area contributed by atoms with Gasteiger partial charge in [0, 0.05) is 30.3 Å². The highest BCUT2D eigenvalue weighted by Gasteiger charge is 2.18. The van der Waals surface area contributed by atoms with Crippen molar-refractivity contribution in [3.05, 3.63) is 35.4 Å². The number of likely N-dealkylation sites (tertiary alicyclic amines) is 1. The van der Waals surface area contributed by atoms with Crippen LogP contribution in [0.3, 0.4) is 0 Å². The van der Waals surface area contributed by atoms with Gasteiger partial charge in [0.05, 0.1) is 0 Å². The Kier molecular flexibility index (Phi) is 5.99. The van der Waals surface area contributed by atoms with Crippen LogP contribution in [0.4, 0.5) is 0 Å². The molecule has 1 atom stereocenters. The zero-order chi connectivity index (χ0) is 15.9. The smallest absolute Gasteiger partial charge is 0.253 e. The molecule has 1 N–H and O–H groups in total. The standard InChI is InChI=1S/C18H26N2O2/c1-3-14(2)19-17(21)15-9-8-10-16(13-15)18(22)20-11-6-4-5-7-12-20/h8-10,13-14H,3-7,11-12H2,1-2H3,(H,19,21). The lowest BCUT2D eigenvalue weighted by atomic mass is 10.1. The van der Waals surface area contributed by atoms with E-state index in [0.29, 0.717) is 11.1 Å². The van der Waals surface area contributed by atoms with E-state index in [0.717, 1.165) is 32.4 Å². The van der Waals surface area contributed by atoms with E-state index in [1.54, 1.807) is 24.3 Å². The molecular weight excluding hydrogens is 276 g/mol. The first kappa shape index (κ1) is 16.5. The van der Waals surface area contributed by atoms with Crippen LogP contribution in [0.25, 0.3) is 0 Å². The van der Waals surface area contributed by atoms with Gasteiger partial charge in [0.2, 0.25) is 0 Å². The second-order valence-corrected chi connectivity index (χ2v) is 6.07. The van der Waals surface area contributed by atoms with Gasteiger partial charge in [-0.3, -0.25) is 9.59 Å². The van der Waals surface area contributed by atoms with Gasteiger partial charge >= 0.3 is 0 Å². The summed E-state index contributed by atoms with van der Waals surface area (Å²) in [6.07, 6.45) is 5.42. The van der Waals surface area contributed by atoms with Crippen molar-refractivity contribution in [3.63, 3.8) is 0 Å². The third kappa shape index (κ3) is 4.33. The van der Waals surface area contributed by atoms with E-state index >= 15 is 0 Å². The number of hydrogen-bond acceptors (Lipinski definition) is 2. The average molecular weight is 302 g/mol. The van der Waals surface area contributed by atoms with E-state index in [4.69, 9.17) is 0 Å². The zero-order valence-electron chi connectivity index (χ0n) is 13.6. The quantitative estimate of drug-likeness (QED) is 0.928. The SMILES string of the molecule is CCC(C)NC(=O)c1cccc(C(=O)N2CCCCCC2)c1. The third-order valence-electron chi connectivity index (χ3n) is 4.25. The molecule has 22 heavy (non-hydrogen) atoms. The summed E-state index contributed by atoms with van der Waals surface area (Å²) in [4.78, 5) is 26.7. The van der Waals surface area contributed by atoms with Crippen LogP contribution in [-0.2, 0) is 0 Å². The first-order valence-electron chi connectivity index (χ1n) is 8.32. The molecule has 4 heteroatoms. The van der Waals surface area contributed by atoms with Crippen LogP contribution in [0.1, 0.15) is 66.7 Å². The number of carbonyl (C=O) groups is 2. The molecule has 0 spiro atoms. The molecule has 1 unspecified atom stereocenters. The highest BCUT2D eigenvalue weighted by Crippen LogP contribution is 2.14. The molecule has 1 aliphatic rings. The number of benzene rings is 1. The van der Waals surface area contributed by atoms with Gasteiger partial charge < -0.3 is 10.2 Å². The maximum absolute atomic E-state index is 12.6. The van der Waals surface area contributed by atoms with Crippen LogP contribution < -0.4 is 5.32 Å². The number of rotatable bonds is 4. The van der Waals surface area contributed by atoms with Crippen molar-refractivity contribution in [1.82, 2.24) is 10.2 Å². The van der Waals surface area contributed by atoms with Crippen LogP contribution >= 0.6 is 0 Å². The van der Waals surface area contributed by atoms with Gasteiger partial charge in [-0.25, -0.2) is 0 Å². The minimum absolute atomic E-state index is 0.0417. The molecule has 2 amide bonds. The second kappa shape index (κ2) is 7.97. The Morgan fingerprint density at radius 2 is 1.77 bits per heavy atom. The average Bonchev–Trinajstić information content (AvgIpc) is 2.83. The van der Waals surface area contributed by atoms with Crippen molar-refractivity contribution in [2.24, 2.45) is 0 Å². The van der Waals surface area contributed by atoms with Gasteiger partial charge in [0.25, 0.3) is 11.8 Å². The van der Waals surface area contributed by atoms with E-state index in [9.17, 15) is 9.59 Å². The summed E-state index contributed by atoms with van der Waals surface area (Å²) in [5, 5.41) is 2.94. The van der Waals surface area contributed by atoms with Crippen LogP contribution in [0.5, 0.6) is 0 Å². The van der Waals surface area contributed by atoms with Gasteiger partial charge in [-0.1, -0.05) is 25.8 Å². The van der Waals surface area contributed by atoms with Crippen LogP contribution in [0.15, 0.2) is 24.3 Å². The third-order valence-corrected chi connectivity index (χ3v) is 4.25. The van der Waals surface area contributed by atoms with Gasteiger partial charge in [0.1, 0.15) is 0 Å². The topological polar surface area (TPSA) is 49.4 Å². The molecule has 120 valence electrons. The Morgan fingerprint density at radius 3 is 2.41 bits per heavy atom. The summed E-state index contributed by atoms with van der Waals surface area (Å²) in [5.74, 6) is -0.0695. The number of nitrogens with one attached hydrogen (secondary N) is 1. The molecular formula is C18H26N2O2. The minimum Gasteiger partial charge on any atom is -0.350 e. The molecule has 0 bridgehead atoms. The molecule has 1 aromatic rings. The predicted molar refractivity (Wildman–Crippen MR) is 88.0 cm³/mol. The van der Waals surface area contributed by atoms with E-state index < -0.39 is 0 Å². The second-order valence-electron chi connectivity index (χ2n) is 6.07. The molecule has 1 saturated heterocycles. The zero-order valence-corrected chi connectivity index (χ0v) is 13.6. The van der Waals surface area contributed by atoms with Crippen LogP contribution in [-0.4, -0.2) is 35.8 Å². The highest BCUT2D eigenvalue weighted by molar-refractivity contribution is 5.99.